The van der Waals surface area contributed by atoms with Crippen LogP contribution in [0.3, 0.4) is 0 Å². The van der Waals surface area contributed by atoms with Gasteiger partial charge in [-0.2, -0.15) is 0 Å². The van der Waals surface area contributed by atoms with E-state index in [1.54, 1.807) is 0 Å². The van der Waals surface area contributed by atoms with Crippen LogP contribution in [0.15, 0.2) is 30.3 Å². The molecule has 2 nitrogen and oxygen atoms in total. The summed E-state index contributed by atoms with van der Waals surface area (Å²) in [6, 6.07) is 11.0. The summed E-state index contributed by atoms with van der Waals surface area (Å²) in [5, 5.41) is 0. The van der Waals surface area contributed by atoms with Gasteiger partial charge in [-0.15, -0.1) is 0 Å². The normalized spacial score (nSPS) is 27.6. The molecule has 20 heavy (non-hydrogen) atoms. The molecule has 2 aliphatic heterocycles. The van der Waals surface area contributed by atoms with E-state index in [2.05, 4.69) is 47.1 Å². The maximum absolute atomic E-state index is 2.72. The van der Waals surface area contributed by atoms with Crippen molar-refractivity contribution in [3.63, 3.8) is 0 Å². The lowest BCUT2D eigenvalue weighted by molar-refractivity contribution is 0.0272. The smallest absolute Gasteiger partial charge is 0.0233 e. The molecule has 0 radical (unpaired) electrons. The maximum atomic E-state index is 2.72. The van der Waals surface area contributed by atoms with Crippen molar-refractivity contribution in [2.45, 2.75) is 32.7 Å². The first-order valence-electron chi connectivity index (χ1n) is 8.32. The van der Waals surface area contributed by atoms with Gasteiger partial charge in [0.1, 0.15) is 0 Å². The standard InChI is InChI=1S/C18H28N2/c1-2-3-9-19-12-17-10-18(13-19)15-20(14-17)11-16-7-5-4-6-8-16/h4-8,17-18H,2-3,9-15H2,1H3. The second-order valence-corrected chi connectivity index (χ2v) is 6.76. The zero-order chi connectivity index (χ0) is 13.8. The van der Waals surface area contributed by atoms with Crippen molar-refractivity contribution in [2.75, 3.05) is 32.7 Å². The largest absolute Gasteiger partial charge is 0.303 e. The lowest BCUT2D eigenvalue weighted by Crippen LogP contribution is -2.52. The predicted octanol–water partition coefficient (Wildman–Crippen LogP) is 3.24. The van der Waals surface area contributed by atoms with Gasteiger partial charge in [-0.25, -0.2) is 0 Å². The van der Waals surface area contributed by atoms with E-state index in [9.17, 15) is 0 Å². The fourth-order valence-corrected chi connectivity index (χ4v) is 4.03. The van der Waals surface area contributed by atoms with Crippen LogP contribution in [0.1, 0.15) is 31.7 Å². The second kappa shape index (κ2) is 6.73. The van der Waals surface area contributed by atoms with Gasteiger partial charge in [-0.3, -0.25) is 4.90 Å². The van der Waals surface area contributed by atoms with E-state index < -0.39 is 0 Å². The quantitative estimate of drug-likeness (QED) is 0.812. The topological polar surface area (TPSA) is 6.48 Å². The number of benzene rings is 1. The number of piperidine rings is 2. The average molecular weight is 272 g/mol. The first-order chi connectivity index (χ1) is 9.83. The molecule has 0 aromatic heterocycles. The summed E-state index contributed by atoms with van der Waals surface area (Å²) in [6.45, 7) is 10.0. The van der Waals surface area contributed by atoms with Crippen molar-refractivity contribution < 1.29 is 0 Å². The van der Waals surface area contributed by atoms with Crippen LogP contribution in [-0.2, 0) is 6.54 Å². The number of unbranched alkanes of at least 4 members (excludes halogenated alkanes) is 1. The molecule has 0 saturated carbocycles. The Morgan fingerprint density at radius 2 is 1.60 bits per heavy atom. The molecule has 0 spiro atoms. The van der Waals surface area contributed by atoms with Crippen molar-refractivity contribution in [3.8, 4) is 0 Å². The molecule has 0 N–H and O–H groups in total. The summed E-state index contributed by atoms with van der Waals surface area (Å²) in [5.74, 6) is 1.81. The highest BCUT2D eigenvalue weighted by molar-refractivity contribution is 5.14. The monoisotopic (exact) mass is 272 g/mol. The molecule has 2 heteroatoms. The molecule has 2 unspecified atom stereocenters. The van der Waals surface area contributed by atoms with Crippen molar-refractivity contribution in [1.29, 1.82) is 0 Å². The van der Waals surface area contributed by atoms with Crippen molar-refractivity contribution in [3.05, 3.63) is 35.9 Å². The SMILES string of the molecule is CCCCN1CC2CC(C1)CN(Cc1ccccc1)C2. The Labute approximate surface area is 123 Å². The van der Waals surface area contributed by atoms with Crippen LogP contribution in [0.4, 0.5) is 0 Å². The van der Waals surface area contributed by atoms with Gasteiger partial charge >= 0.3 is 0 Å². The number of likely N-dealkylation sites (tertiary alicyclic amines) is 2. The number of fused-ring (bicyclic) bond motifs is 2. The predicted molar refractivity (Wildman–Crippen MR) is 84.7 cm³/mol. The van der Waals surface area contributed by atoms with Crippen LogP contribution in [-0.4, -0.2) is 42.5 Å². The third-order valence-corrected chi connectivity index (χ3v) is 4.81. The van der Waals surface area contributed by atoms with E-state index in [0.29, 0.717) is 0 Å². The minimum absolute atomic E-state index is 0.906. The van der Waals surface area contributed by atoms with Gasteiger partial charge in [0.25, 0.3) is 0 Å². The molecule has 1 aromatic rings. The fourth-order valence-electron chi connectivity index (χ4n) is 4.03. The van der Waals surface area contributed by atoms with Crippen molar-refractivity contribution in [1.82, 2.24) is 9.80 Å². The van der Waals surface area contributed by atoms with E-state index in [1.165, 1.54) is 57.5 Å². The van der Waals surface area contributed by atoms with Gasteiger partial charge < -0.3 is 4.90 Å². The second-order valence-electron chi connectivity index (χ2n) is 6.76. The molecule has 2 heterocycles. The van der Waals surface area contributed by atoms with E-state index in [1.807, 2.05) is 0 Å². The summed E-state index contributed by atoms with van der Waals surface area (Å²) in [7, 11) is 0. The molecule has 110 valence electrons. The van der Waals surface area contributed by atoms with Gasteiger partial charge in [0.05, 0.1) is 0 Å². The molecule has 2 bridgehead atoms. The molecule has 0 amide bonds. The number of hydrogen-bond acceptors (Lipinski definition) is 2. The Kier molecular flexibility index (Phi) is 4.74. The first kappa shape index (κ1) is 14.1. The van der Waals surface area contributed by atoms with Crippen LogP contribution in [0.25, 0.3) is 0 Å². The minimum atomic E-state index is 0.906. The highest BCUT2D eigenvalue weighted by atomic mass is 15.2. The zero-order valence-corrected chi connectivity index (χ0v) is 12.8. The summed E-state index contributed by atoms with van der Waals surface area (Å²) in [4.78, 5) is 5.41. The molecule has 0 aliphatic carbocycles. The maximum Gasteiger partial charge on any atom is 0.0233 e. The third kappa shape index (κ3) is 3.62. The third-order valence-electron chi connectivity index (χ3n) is 4.81. The van der Waals surface area contributed by atoms with Gasteiger partial charge in [0, 0.05) is 32.7 Å². The number of hydrogen-bond donors (Lipinski definition) is 0. The van der Waals surface area contributed by atoms with Crippen LogP contribution in [0.2, 0.25) is 0 Å². The number of rotatable bonds is 5. The van der Waals surface area contributed by atoms with Crippen molar-refractivity contribution in [2.24, 2.45) is 11.8 Å². The van der Waals surface area contributed by atoms with Gasteiger partial charge in [0.15, 0.2) is 0 Å². The Bertz CT molecular complexity index is 389. The van der Waals surface area contributed by atoms with Gasteiger partial charge in [-0.1, -0.05) is 43.7 Å². The van der Waals surface area contributed by atoms with E-state index in [0.717, 1.165) is 18.4 Å². The molecule has 2 atom stereocenters. The van der Waals surface area contributed by atoms with E-state index >= 15 is 0 Å². The molecule has 3 rings (SSSR count). The summed E-state index contributed by atoms with van der Waals surface area (Å²) < 4.78 is 0. The molecule has 2 aliphatic rings. The van der Waals surface area contributed by atoms with Crippen LogP contribution in [0.5, 0.6) is 0 Å². The highest BCUT2D eigenvalue weighted by Gasteiger charge is 2.33. The van der Waals surface area contributed by atoms with Crippen LogP contribution >= 0.6 is 0 Å². The zero-order valence-electron chi connectivity index (χ0n) is 12.8. The number of nitrogens with zero attached hydrogens (tertiary/aromatic N) is 2. The average Bonchev–Trinajstić information content (AvgIpc) is 2.45. The summed E-state index contributed by atoms with van der Waals surface area (Å²) in [6.07, 6.45) is 4.16. The molecule has 2 saturated heterocycles. The van der Waals surface area contributed by atoms with Gasteiger partial charge in [-0.05, 0) is 36.8 Å². The molecular formula is C18H28N2. The Morgan fingerprint density at radius 3 is 2.25 bits per heavy atom. The first-order valence-corrected chi connectivity index (χ1v) is 8.32. The summed E-state index contributed by atoms with van der Waals surface area (Å²) in [5.41, 5.74) is 1.47. The summed E-state index contributed by atoms with van der Waals surface area (Å²) >= 11 is 0. The highest BCUT2D eigenvalue weighted by Crippen LogP contribution is 2.29. The Morgan fingerprint density at radius 1 is 0.950 bits per heavy atom. The van der Waals surface area contributed by atoms with Crippen molar-refractivity contribution >= 4 is 0 Å². The minimum Gasteiger partial charge on any atom is -0.303 e. The molecule has 1 aromatic carbocycles. The van der Waals surface area contributed by atoms with Crippen LogP contribution in [0, 0.1) is 11.8 Å². The fraction of sp³-hybridized carbons (Fsp3) is 0.667. The van der Waals surface area contributed by atoms with Gasteiger partial charge in [0.2, 0.25) is 0 Å². The van der Waals surface area contributed by atoms with E-state index in [-0.39, 0.29) is 0 Å². The Hall–Kier alpha value is -0.860. The lowest BCUT2D eigenvalue weighted by Gasteiger charge is -2.46. The lowest BCUT2D eigenvalue weighted by atomic mass is 9.84. The molecular weight excluding hydrogens is 244 g/mol. The Balaban J connectivity index is 1.53. The van der Waals surface area contributed by atoms with Crippen LogP contribution < -0.4 is 0 Å². The van der Waals surface area contributed by atoms with E-state index in [4.69, 9.17) is 0 Å². The molecule has 2 fully saturated rings.